The molecule has 20 heavy (non-hydrogen) atoms. The van der Waals surface area contributed by atoms with Crippen molar-refractivity contribution >= 4 is 45.5 Å². The van der Waals surface area contributed by atoms with Crippen molar-refractivity contribution in [3.8, 4) is 0 Å². The van der Waals surface area contributed by atoms with Crippen LogP contribution in [-0.2, 0) is 0 Å². The number of hydrogen-bond acceptors (Lipinski definition) is 4. The number of halogens is 2. The molecule has 2 aromatic rings. The zero-order chi connectivity index (χ0) is 14.6. The van der Waals surface area contributed by atoms with Crippen LogP contribution >= 0.6 is 23.2 Å². The van der Waals surface area contributed by atoms with Gasteiger partial charge in [0.25, 0.3) is 0 Å². The highest BCUT2D eigenvalue weighted by molar-refractivity contribution is 6.46. The van der Waals surface area contributed by atoms with Crippen molar-refractivity contribution in [2.45, 2.75) is 0 Å². The van der Waals surface area contributed by atoms with E-state index in [0.29, 0.717) is 15.8 Å². The molecule has 0 heterocycles. The molecule has 1 aliphatic carbocycles. The quantitative estimate of drug-likeness (QED) is 0.775. The van der Waals surface area contributed by atoms with Crippen LogP contribution in [0.15, 0.2) is 35.8 Å². The van der Waals surface area contributed by atoms with Gasteiger partial charge < -0.3 is 10.2 Å². The molecule has 0 bridgehead atoms. The smallest absolute Gasteiger partial charge is 0.233 e. The first kappa shape index (κ1) is 13.0. The zero-order valence-corrected chi connectivity index (χ0v) is 11.3. The minimum Gasteiger partial charge on any atom is -0.501 e. The minimum absolute atomic E-state index is 0.0134. The number of hydrogen-bond donors (Lipinski definition) is 2. The van der Waals surface area contributed by atoms with Crippen molar-refractivity contribution in [2.24, 2.45) is 0 Å². The molecule has 2 N–H and O–H groups in total. The van der Waals surface area contributed by atoms with Crippen LogP contribution in [0.3, 0.4) is 0 Å². The van der Waals surface area contributed by atoms with Crippen LogP contribution < -0.4 is 0 Å². The minimum atomic E-state index is -1.00. The van der Waals surface area contributed by atoms with Crippen molar-refractivity contribution in [3.05, 3.63) is 57.0 Å². The number of fused-ring (bicyclic) bond motifs is 2. The molecular weight excluding hydrogens is 303 g/mol. The Kier molecular flexibility index (Phi) is 2.74. The van der Waals surface area contributed by atoms with Crippen LogP contribution in [0.2, 0.25) is 10.0 Å². The van der Waals surface area contributed by atoms with E-state index in [-0.39, 0.29) is 16.1 Å². The molecule has 3 rings (SSSR count). The monoisotopic (exact) mass is 308 g/mol. The zero-order valence-electron chi connectivity index (χ0n) is 9.78. The van der Waals surface area contributed by atoms with E-state index in [1.807, 2.05) is 0 Å². The fraction of sp³-hybridized carbons (Fsp3) is 0. The highest BCUT2D eigenvalue weighted by atomic mass is 35.5. The van der Waals surface area contributed by atoms with Gasteiger partial charge in [0.2, 0.25) is 23.1 Å². The van der Waals surface area contributed by atoms with E-state index >= 15 is 0 Å². The highest BCUT2D eigenvalue weighted by Crippen LogP contribution is 2.38. The maximum atomic E-state index is 12.0. The van der Waals surface area contributed by atoms with Gasteiger partial charge in [-0.2, -0.15) is 0 Å². The Bertz CT molecular complexity index is 837. The summed E-state index contributed by atoms with van der Waals surface area (Å²) in [5.41, 5.74) is -0.197. The Morgan fingerprint density at radius 3 is 2.30 bits per heavy atom. The van der Waals surface area contributed by atoms with Crippen LogP contribution in [0, 0.1) is 0 Å². The van der Waals surface area contributed by atoms with Crippen molar-refractivity contribution in [3.63, 3.8) is 0 Å². The molecule has 4 nitrogen and oxygen atoms in total. The molecule has 0 saturated heterocycles. The Labute approximate surface area is 122 Å². The molecule has 0 fully saturated rings. The van der Waals surface area contributed by atoms with E-state index in [1.165, 1.54) is 6.07 Å². The normalized spacial score (nSPS) is 14.9. The summed E-state index contributed by atoms with van der Waals surface area (Å²) in [4.78, 5) is 23.9. The topological polar surface area (TPSA) is 74.6 Å². The van der Waals surface area contributed by atoms with E-state index in [4.69, 9.17) is 23.2 Å². The van der Waals surface area contributed by atoms with Crippen LogP contribution in [-0.4, -0.2) is 21.8 Å². The first-order valence-corrected chi connectivity index (χ1v) is 6.31. The number of rotatable bonds is 0. The van der Waals surface area contributed by atoms with Crippen molar-refractivity contribution in [1.82, 2.24) is 0 Å². The van der Waals surface area contributed by atoms with Crippen molar-refractivity contribution in [1.29, 1.82) is 0 Å². The lowest BCUT2D eigenvalue weighted by Crippen LogP contribution is -2.22. The van der Waals surface area contributed by atoms with E-state index in [0.717, 1.165) is 0 Å². The molecular formula is C14H6Cl2O4. The molecule has 100 valence electrons. The molecule has 1 aliphatic rings. The Balaban J connectivity index is 2.49. The second kappa shape index (κ2) is 4.23. The number of aliphatic hydroxyl groups is 2. The average Bonchev–Trinajstić information content (AvgIpc) is 2.42. The molecule has 0 spiro atoms. The van der Waals surface area contributed by atoms with Gasteiger partial charge in [-0.25, -0.2) is 0 Å². The van der Waals surface area contributed by atoms with Crippen LogP contribution in [0.1, 0.15) is 20.7 Å². The average molecular weight is 309 g/mol. The number of allylic oxidation sites excluding steroid dienone is 2. The fourth-order valence-electron chi connectivity index (χ4n) is 2.23. The predicted octanol–water partition coefficient (Wildman–Crippen LogP) is 3.85. The highest BCUT2D eigenvalue weighted by Gasteiger charge is 2.35. The number of carbonyl (C=O) groups excluding carboxylic acids is 2. The molecule has 0 saturated carbocycles. The molecule has 0 aromatic heterocycles. The number of carbonyl (C=O) groups is 2. The van der Waals surface area contributed by atoms with E-state index < -0.39 is 23.1 Å². The largest absolute Gasteiger partial charge is 0.501 e. The maximum Gasteiger partial charge on any atom is 0.233 e. The van der Waals surface area contributed by atoms with Gasteiger partial charge in [0.1, 0.15) is 0 Å². The predicted molar refractivity (Wildman–Crippen MR) is 74.9 cm³/mol. The molecule has 0 atom stereocenters. The van der Waals surface area contributed by atoms with Gasteiger partial charge in [0.05, 0.1) is 10.6 Å². The van der Waals surface area contributed by atoms with Gasteiger partial charge in [-0.1, -0.05) is 35.3 Å². The molecule has 0 aliphatic heterocycles. The van der Waals surface area contributed by atoms with Crippen LogP contribution in [0.25, 0.3) is 10.8 Å². The first-order chi connectivity index (χ1) is 9.43. The molecule has 0 radical (unpaired) electrons. The summed E-state index contributed by atoms with van der Waals surface area (Å²) in [6.07, 6.45) is 0. The lowest BCUT2D eigenvalue weighted by atomic mass is 9.89. The van der Waals surface area contributed by atoms with Gasteiger partial charge in [0.15, 0.2) is 0 Å². The second-order valence-corrected chi connectivity index (χ2v) is 5.09. The van der Waals surface area contributed by atoms with Gasteiger partial charge in [0, 0.05) is 16.0 Å². The standard InChI is InChI=1S/C14H6Cl2O4/c15-7-3-1-2-5-4-6-9(10(16)8(5)7)12(18)14(20)13(19)11(6)17/h1-4,19-20H. The Morgan fingerprint density at radius 2 is 1.60 bits per heavy atom. The SMILES string of the molecule is O=C1C(O)=C(O)C(=O)c2c1cc1cccc(Cl)c1c2Cl. The molecule has 2 aromatic carbocycles. The third kappa shape index (κ3) is 1.55. The lowest BCUT2D eigenvalue weighted by molar-refractivity contribution is 0.0881. The number of Topliss-reactive ketones (excluding diaryl/α,β-unsaturated/α-hetero) is 2. The fourth-order valence-corrected chi connectivity index (χ4v) is 2.95. The molecule has 0 amide bonds. The lowest BCUT2D eigenvalue weighted by Gasteiger charge is -2.17. The Hall–Kier alpha value is -2.04. The molecule has 0 unspecified atom stereocenters. The number of benzene rings is 2. The van der Waals surface area contributed by atoms with Crippen molar-refractivity contribution in [2.75, 3.05) is 0 Å². The summed E-state index contributed by atoms with van der Waals surface area (Å²) in [6, 6.07) is 6.38. The number of ketones is 2. The first-order valence-electron chi connectivity index (χ1n) is 5.55. The van der Waals surface area contributed by atoms with Crippen molar-refractivity contribution < 1.29 is 19.8 Å². The summed E-state index contributed by atoms with van der Waals surface area (Å²) in [5, 5.41) is 20.3. The summed E-state index contributed by atoms with van der Waals surface area (Å²) in [7, 11) is 0. The maximum absolute atomic E-state index is 12.0. The summed E-state index contributed by atoms with van der Waals surface area (Å²) < 4.78 is 0. The van der Waals surface area contributed by atoms with E-state index in [9.17, 15) is 19.8 Å². The summed E-state index contributed by atoms with van der Waals surface area (Å²) in [5.74, 6) is -3.72. The molecule has 6 heteroatoms. The Morgan fingerprint density at radius 1 is 0.950 bits per heavy atom. The third-order valence-corrected chi connectivity index (χ3v) is 3.87. The summed E-state index contributed by atoms with van der Waals surface area (Å²) in [6.45, 7) is 0. The van der Waals surface area contributed by atoms with E-state index in [2.05, 4.69) is 0 Å². The second-order valence-electron chi connectivity index (χ2n) is 4.31. The van der Waals surface area contributed by atoms with Gasteiger partial charge in [-0.05, 0) is 17.5 Å². The van der Waals surface area contributed by atoms with Crippen LogP contribution in [0.5, 0.6) is 0 Å². The van der Waals surface area contributed by atoms with Crippen LogP contribution in [0.4, 0.5) is 0 Å². The van der Waals surface area contributed by atoms with Gasteiger partial charge >= 0.3 is 0 Å². The number of aliphatic hydroxyl groups excluding tert-OH is 2. The third-order valence-electron chi connectivity index (χ3n) is 3.18. The van der Waals surface area contributed by atoms with Gasteiger partial charge in [-0.3, -0.25) is 9.59 Å². The van der Waals surface area contributed by atoms with Gasteiger partial charge in [-0.15, -0.1) is 0 Å². The summed E-state index contributed by atoms with van der Waals surface area (Å²) >= 11 is 12.2. The van der Waals surface area contributed by atoms with E-state index in [1.54, 1.807) is 18.2 Å².